The molecule has 1 unspecified atom stereocenters. The van der Waals surface area contributed by atoms with Gasteiger partial charge in [0.05, 0.1) is 12.4 Å². The van der Waals surface area contributed by atoms with Crippen molar-refractivity contribution in [1.82, 2.24) is 20.0 Å². The Labute approximate surface area is 71.8 Å². The molecule has 2 aromatic heterocycles. The molecule has 0 amide bonds. The van der Waals surface area contributed by atoms with Gasteiger partial charge in [-0.15, -0.1) is 14.0 Å². The lowest BCUT2D eigenvalue weighted by molar-refractivity contribution is 0.734. The van der Waals surface area contributed by atoms with Gasteiger partial charge in [-0.25, -0.2) is 4.98 Å². The highest BCUT2D eigenvalue weighted by atomic mass is 31.0. The van der Waals surface area contributed by atoms with E-state index in [2.05, 4.69) is 24.4 Å². The zero-order valence-electron chi connectivity index (χ0n) is 6.25. The second-order valence-electron chi connectivity index (χ2n) is 2.23. The van der Waals surface area contributed by atoms with Crippen LogP contribution < -0.4 is 5.30 Å². The number of rotatable bonds is 1. The van der Waals surface area contributed by atoms with Crippen LogP contribution in [0.15, 0.2) is 30.7 Å². The normalized spacial score (nSPS) is 10.1. The number of nitrogens with zero attached hydrogens (tertiary/aromatic N) is 4. The molecule has 2 heterocycles. The first kappa shape index (κ1) is 7.37. The highest BCUT2D eigenvalue weighted by Crippen LogP contribution is 1.99. The Morgan fingerprint density at radius 2 is 1.92 bits per heavy atom. The predicted octanol–water partition coefficient (Wildman–Crippen LogP) is 0.163. The summed E-state index contributed by atoms with van der Waals surface area (Å²) >= 11 is 0. The molecule has 60 valence electrons. The Bertz CT molecular complexity index is 371. The largest absolute Gasteiger partial charge is 0.235 e. The standard InChI is InChI=1S/C7H7N4P/c12-6-2-1-3-8-7(6)11-9-4-5-10-11/h1-5H,12H2. The molecule has 0 N–H and O–H groups in total. The maximum atomic E-state index is 4.14. The van der Waals surface area contributed by atoms with Crippen LogP contribution in [0.25, 0.3) is 5.82 Å². The lowest BCUT2D eigenvalue weighted by atomic mass is 10.5. The third-order valence-corrected chi connectivity index (χ3v) is 1.88. The van der Waals surface area contributed by atoms with Crippen molar-refractivity contribution in [3.8, 4) is 5.82 Å². The zero-order chi connectivity index (χ0) is 8.39. The van der Waals surface area contributed by atoms with Crippen LogP contribution in [0.5, 0.6) is 0 Å². The summed E-state index contributed by atoms with van der Waals surface area (Å²) in [6.07, 6.45) is 4.96. The maximum Gasteiger partial charge on any atom is 0.181 e. The molecule has 0 fully saturated rings. The van der Waals surface area contributed by atoms with Crippen molar-refractivity contribution in [2.45, 2.75) is 0 Å². The maximum absolute atomic E-state index is 4.14. The first-order valence-corrected chi connectivity index (χ1v) is 4.03. The fourth-order valence-corrected chi connectivity index (χ4v) is 1.20. The second kappa shape index (κ2) is 2.99. The SMILES string of the molecule is Pc1cccnc1-n1nccn1. The minimum atomic E-state index is 0.743. The van der Waals surface area contributed by atoms with Crippen molar-refractivity contribution in [1.29, 1.82) is 0 Å². The van der Waals surface area contributed by atoms with Crippen LogP contribution in [0.3, 0.4) is 0 Å². The number of hydrogen-bond acceptors (Lipinski definition) is 3. The third-order valence-electron chi connectivity index (χ3n) is 1.43. The van der Waals surface area contributed by atoms with E-state index in [0.717, 1.165) is 11.1 Å². The molecule has 0 bridgehead atoms. The summed E-state index contributed by atoms with van der Waals surface area (Å²) in [6.45, 7) is 0. The predicted molar refractivity (Wildman–Crippen MR) is 48.5 cm³/mol. The Balaban J connectivity index is 2.55. The number of hydrogen-bond donors (Lipinski definition) is 0. The number of pyridine rings is 1. The lowest BCUT2D eigenvalue weighted by Crippen LogP contribution is -2.10. The first-order valence-electron chi connectivity index (χ1n) is 3.45. The molecule has 0 spiro atoms. The van der Waals surface area contributed by atoms with E-state index in [1.807, 2.05) is 12.1 Å². The van der Waals surface area contributed by atoms with Crippen LogP contribution >= 0.6 is 9.24 Å². The fourth-order valence-electron chi connectivity index (χ4n) is 0.902. The Morgan fingerprint density at radius 3 is 2.58 bits per heavy atom. The van der Waals surface area contributed by atoms with Crippen LogP contribution in [0.1, 0.15) is 0 Å². The van der Waals surface area contributed by atoms with Crippen LogP contribution in [0, 0.1) is 0 Å². The Kier molecular flexibility index (Phi) is 1.84. The van der Waals surface area contributed by atoms with E-state index in [-0.39, 0.29) is 0 Å². The van der Waals surface area contributed by atoms with E-state index in [9.17, 15) is 0 Å². The molecule has 5 heteroatoms. The van der Waals surface area contributed by atoms with E-state index < -0.39 is 0 Å². The molecular weight excluding hydrogens is 171 g/mol. The molecule has 0 saturated carbocycles. The monoisotopic (exact) mass is 178 g/mol. The van der Waals surface area contributed by atoms with Gasteiger partial charge in [-0.1, -0.05) is 0 Å². The van der Waals surface area contributed by atoms with Crippen molar-refractivity contribution < 1.29 is 0 Å². The molecule has 0 aliphatic carbocycles. The lowest BCUT2D eigenvalue weighted by Gasteiger charge is -2.00. The third kappa shape index (κ3) is 1.21. The first-order chi connectivity index (χ1) is 5.88. The summed E-state index contributed by atoms with van der Waals surface area (Å²) in [6, 6.07) is 3.81. The molecule has 0 aliphatic heterocycles. The Hall–Kier alpha value is -1.28. The van der Waals surface area contributed by atoms with Gasteiger partial charge in [0.2, 0.25) is 0 Å². The van der Waals surface area contributed by atoms with Crippen LogP contribution in [0.2, 0.25) is 0 Å². The van der Waals surface area contributed by atoms with E-state index in [0.29, 0.717) is 0 Å². The van der Waals surface area contributed by atoms with Gasteiger partial charge < -0.3 is 0 Å². The second-order valence-corrected chi connectivity index (χ2v) is 2.86. The van der Waals surface area contributed by atoms with Gasteiger partial charge >= 0.3 is 0 Å². The minimum Gasteiger partial charge on any atom is -0.235 e. The van der Waals surface area contributed by atoms with Crippen molar-refractivity contribution in [3.63, 3.8) is 0 Å². The summed E-state index contributed by atoms with van der Waals surface area (Å²) < 4.78 is 0. The molecule has 12 heavy (non-hydrogen) atoms. The number of aromatic nitrogens is 4. The van der Waals surface area contributed by atoms with Crippen molar-refractivity contribution in [2.75, 3.05) is 0 Å². The van der Waals surface area contributed by atoms with Gasteiger partial charge in [-0.05, 0) is 12.1 Å². The zero-order valence-corrected chi connectivity index (χ0v) is 7.41. The van der Waals surface area contributed by atoms with Crippen LogP contribution in [-0.2, 0) is 0 Å². The van der Waals surface area contributed by atoms with Crippen molar-refractivity contribution in [3.05, 3.63) is 30.7 Å². The van der Waals surface area contributed by atoms with Gasteiger partial charge in [0, 0.05) is 11.5 Å². The molecule has 2 rings (SSSR count). The topological polar surface area (TPSA) is 43.6 Å². The van der Waals surface area contributed by atoms with Gasteiger partial charge in [0.1, 0.15) is 0 Å². The summed E-state index contributed by atoms with van der Waals surface area (Å²) in [5.41, 5.74) is 0. The smallest absolute Gasteiger partial charge is 0.181 e. The minimum absolute atomic E-state index is 0.743. The highest BCUT2D eigenvalue weighted by molar-refractivity contribution is 7.27. The molecule has 0 aromatic carbocycles. The average Bonchev–Trinajstić information content (AvgIpc) is 2.57. The molecule has 0 saturated heterocycles. The summed E-state index contributed by atoms with van der Waals surface area (Å²) in [7, 11) is 2.59. The average molecular weight is 178 g/mol. The Morgan fingerprint density at radius 1 is 1.17 bits per heavy atom. The van der Waals surface area contributed by atoms with Gasteiger partial charge in [-0.2, -0.15) is 10.2 Å². The van der Waals surface area contributed by atoms with Gasteiger partial charge in [0.15, 0.2) is 5.82 Å². The molecule has 0 aliphatic rings. The van der Waals surface area contributed by atoms with E-state index in [1.54, 1.807) is 18.6 Å². The van der Waals surface area contributed by atoms with Crippen LogP contribution in [0.4, 0.5) is 0 Å². The summed E-state index contributed by atoms with van der Waals surface area (Å²) in [4.78, 5) is 5.63. The van der Waals surface area contributed by atoms with E-state index in [4.69, 9.17) is 0 Å². The van der Waals surface area contributed by atoms with Gasteiger partial charge in [-0.3, -0.25) is 0 Å². The van der Waals surface area contributed by atoms with E-state index in [1.165, 1.54) is 4.80 Å². The molecule has 2 aromatic rings. The van der Waals surface area contributed by atoms with Gasteiger partial charge in [0.25, 0.3) is 0 Å². The summed E-state index contributed by atoms with van der Waals surface area (Å²) in [5.74, 6) is 0.743. The highest BCUT2D eigenvalue weighted by Gasteiger charge is 2.00. The molecule has 1 atom stereocenters. The van der Waals surface area contributed by atoms with Crippen LogP contribution in [-0.4, -0.2) is 20.0 Å². The fraction of sp³-hybridized carbons (Fsp3) is 0. The molecule has 0 radical (unpaired) electrons. The molecule has 4 nitrogen and oxygen atoms in total. The van der Waals surface area contributed by atoms with E-state index >= 15 is 0 Å². The molecular formula is C7H7N4P. The van der Waals surface area contributed by atoms with Crippen molar-refractivity contribution in [2.24, 2.45) is 0 Å². The summed E-state index contributed by atoms with van der Waals surface area (Å²) in [5, 5.41) is 8.93. The van der Waals surface area contributed by atoms with Crippen molar-refractivity contribution >= 4 is 14.5 Å². The quantitative estimate of drug-likeness (QED) is 0.584.